The van der Waals surface area contributed by atoms with Gasteiger partial charge in [-0.15, -0.1) is 0 Å². The molecule has 4 N–H and O–H groups in total. The highest BCUT2D eigenvalue weighted by Crippen LogP contribution is 2.13. The molecule has 1 aliphatic heterocycles. The first-order chi connectivity index (χ1) is 4.75. The molecule has 0 aromatic carbocycles. The second-order valence-electron chi connectivity index (χ2n) is 2.65. The summed E-state index contributed by atoms with van der Waals surface area (Å²) in [4.78, 5) is 10.9. The highest BCUT2D eigenvalue weighted by molar-refractivity contribution is 5.79. The number of amides is 1. The average Bonchev–Trinajstić information content (AvgIpc) is 2.34. The monoisotopic (exact) mass is 143 g/mol. The molecule has 1 fully saturated rings. The molecular formula is C6H13N3O. The Hall–Kier alpha value is -0.610. The minimum Gasteiger partial charge on any atom is -0.313 e. The van der Waals surface area contributed by atoms with Gasteiger partial charge in [-0.05, 0) is 19.9 Å². The molecule has 4 heteroatoms. The second-order valence-corrected chi connectivity index (χ2v) is 2.65. The summed E-state index contributed by atoms with van der Waals surface area (Å²) in [5.41, 5.74) is 2.16. The summed E-state index contributed by atoms with van der Waals surface area (Å²) in [6, 6.07) is 0.267. The maximum Gasteiger partial charge on any atom is 0.238 e. The van der Waals surface area contributed by atoms with Crippen LogP contribution in [0.2, 0.25) is 0 Å². The lowest BCUT2D eigenvalue weighted by Crippen LogP contribution is -2.40. The van der Waals surface area contributed by atoms with Crippen LogP contribution in [0.3, 0.4) is 0 Å². The SMILES string of the molecule is CC1NCCC1C(=O)NN. The molecule has 2 atom stereocenters. The molecule has 1 aliphatic rings. The lowest BCUT2D eigenvalue weighted by atomic mass is 10.0. The van der Waals surface area contributed by atoms with Crippen LogP contribution in [-0.2, 0) is 4.79 Å². The summed E-state index contributed by atoms with van der Waals surface area (Å²) in [7, 11) is 0. The van der Waals surface area contributed by atoms with E-state index in [1.807, 2.05) is 6.92 Å². The standard InChI is InChI=1S/C6H13N3O/c1-4-5(2-3-8-4)6(10)9-7/h4-5,8H,2-3,7H2,1H3,(H,9,10). The summed E-state index contributed by atoms with van der Waals surface area (Å²) < 4.78 is 0. The Morgan fingerprint density at radius 3 is 2.90 bits per heavy atom. The third-order valence-electron chi connectivity index (χ3n) is 2.00. The van der Waals surface area contributed by atoms with E-state index in [-0.39, 0.29) is 17.9 Å². The van der Waals surface area contributed by atoms with E-state index in [9.17, 15) is 4.79 Å². The molecule has 2 unspecified atom stereocenters. The van der Waals surface area contributed by atoms with Gasteiger partial charge < -0.3 is 5.32 Å². The topological polar surface area (TPSA) is 67.2 Å². The first-order valence-corrected chi connectivity index (χ1v) is 3.49. The zero-order valence-electron chi connectivity index (χ0n) is 6.05. The fourth-order valence-electron chi connectivity index (χ4n) is 1.32. The number of hydrazine groups is 1. The Morgan fingerprint density at radius 2 is 2.50 bits per heavy atom. The molecule has 1 amide bonds. The maximum absolute atomic E-state index is 10.9. The van der Waals surface area contributed by atoms with Gasteiger partial charge in [0.25, 0.3) is 0 Å². The van der Waals surface area contributed by atoms with Crippen LogP contribution in [0.15, 0.2) is 0 Å². The quantitative estimate of drug-likeness (QED) is 0.250. The van der Waals surface area contributed by atoms with Crippen molar-refractivity contribution in [1.82, 2.24) is 10.7 Å². The van der Waals surface area contributed by atoms with Crippen LogP contribution in [0.1, 0.15) is 13.3 Å². The van der Waals surface area contributed by atoms with Gasteiger partial charge in [-0.3, -0.25) is 10.2 Å². The Balaban J connectivity index is 2.46. The molecule has 0 aromatic heterocycles. The van der Waals surface area contributed by atoms with E-state index in [1.54, 1.807) is 0 Å². The number of carbonyl (C=O) groups is 1. The van der Waals surface area contributed by atoms with Crippen LogP contribution < -0.4 is 16.6 Å². The van der Waals surface area contributed by atoms with E-state index < -0.39 is 0 Å². The van der Waals surface area contributed by atoms with Crippen molar-refractivity contribution in [3.8, 4) is 0 Å². The summed E-state index contributed by atoms with van der Waals surface area (Å²) in [5, 5.41) is 3.17. The average molecular weight is 143 g/mol. The zero-order valence-corrected chi connectivity index (χ0v) is 6.05. The molecule has 0 radical (unpaired) electrons. The van der Waals surface area contributed by atoms with Gasteiger partial charge >= 0.3 is 0 Å². The van der Waals surface area contributed by atoms with Crippen molar-refractivity contribution in [2.24, 2.45) is 11.8 Å². The van der Waals surface area contributed by atoms with Crippen molar-refractivity contribution in [2.75, 3.05) is 6.54 Å². The number of nitrogens with one attached hydrogen (secondary N) is 2. The Kier molecular flexibility index (Phi) is 2.24. The molecule has 0 spiro atoms. The van der Waals surface area contributed by atoms with Crippen LogP contribution >= 0.6 is 0 Å². The number of hydrogen-bond acceptors (Lipinski definition) is 3. The van der Waals surface area contributed by atoms with Gasteiger partial charge in [0, 0.05) is 6.04 Å². The molecule has 0 aliphatic carbocycles. The fourth-order valence-corrected chi connectivity index (χ4v) is 1.32. The largest absolute Gasteiger partial charge is 0.313 e. The van der Waals surface area contributed by atoms with Crippen molar-refractivity contribution in [3.05, 3.63) is 0 Å². The van der Waals surface area contributed by atoms with Gasteiger partial charge in [0.15, 0.2) is 0 Å². The predicted molar refractivity (Wildman–Crippen MR) is 37.9 cm³/mol. The third kappa shape index (κ3) is 1.27. The number of rotatable bonds is 1. The summed E-state index contributed by atoms with van der Waals surface area (Å²) >= 11 is 0. The van der Waals surface area contributed by atoms with E-state index in [1.165, 1.54) is 0 Å². The van der Waals surface area contributed by atoms with Crippen LogP contribution in [0.4, 0.5) is 0 Å². The van der Waals surface area contributed by atoms with E-state index >= 15 is 0 Å². The van der Waals surface area contributed by atoms with Crippen molar-refractivity contribution in [1.29, 1.82) is 0 Å². The number of hydrogen-bond donors (Lipinski definition) is 3. The third-order valence-corrected chi connectivity index (χ3v) is 2.00. The summed E-state index contributed by atoms with van der Waals surface area (Å²) in [5.74, 6) is 4.99. The maximum atomic E-state index is 10.9. The molecule has 0 bridgehead atoms. The minimum atomic E-state index is -0.0579. The van der Waals surface area contributed by atoms with Gasteiger partial charge in [-0.25, -0.2) is 5.84 Å². The number of nitrogens with two attached hydrogens (primary N) is 1. The fraction of sp³-hybridized carbons (Fsp3) is 0.833. The molecule has 10 heavy (non-hydrogen) atoms. The molecule has 1 saturated heterocycles. The zero-order chi connectivity index (χ0) is 7.56. The Morgan fingerprint density at radius 1 is 1.80 bits per heavy atom. The summed E-state index contributed by atoms with van der Waals surface area (Å²) in [6.07, 6.45) is 0.893. The van der Waals surface area contributed by atoms with Crippen LogP contribution in [-0.4, -0.2) is 18.5 Å². The van der Waals surface area contributed by atoms with E-state index in [0.717, 1.165) is 13.0 Å². The Labute approximate surface area is 60.1 Å². The van der Waals surface area contributed by atoms with Crippen molar-refractivity contribution in [2.45, 2.75) is 19.4 Å². The lowest BCUT2D eigenvalue weighted by Gasteiger charge is -2.11. The van der Waals surface area contributed by atoms with Crippen molar-refractivity contribution in [3.63, 3.8) is 0 Å². The Bertz CT molecular complexity index is 137. The smallest absolute Gasteiger partial charge is 0.238 e. The minimum absolute atomic E-state index is 0.0579. The lowest BCUT2D eigenvalue weighted by molar-refractivity contribution is -0.125. The van der Waals surface area contributed by atoms with Gasteiger partial charge in [-0.2, -0.15) is 0 Å². The van der Waals surface area contributed by atoms with Crippen LogP contribution in [0.25, 0.3) is 0 Å². The highest BCUT2D eigenvalue weighted by atomic mass is 16.2. The summed E-state index contributed by atoms with van der Waals surface area (Å²) in [6.45, 7) is 2.91. The molecule has 4 nitrogen and oxygen atoms in total. The molecule has 58 valence electrons. The predicted octanol–water partition coefficient (Wildman–Crippen LogP) is -1.03. The molecule has 1 heterocycles. The molecule has 0 saturated carbocycles. The van der Waals surface area contributed by atoms with Gasteiger partial charge in [0.1, 0.15) is 0 Å². The van der Waals surface area contributed by atoms with Gasteiger partial charge in [0.2, 0.25) is 5.91 Å². The first kappa shape index (κ1) is 7.50. The molecular weight excluding hydrogens is 130 g/mol. The van der Waals surface area contributed by atoms with Crippen molar-refractivity contribution >= 4 is 5.91 Å². The molecule has 0 aromatic rings. The van der Waals surface area contributed by atoms with E-state index in [0.29, 0.717) is 0 Å². The normalized spacial score (nSPS) is 32.2. The van der Waals surface area contributed by atoms with Gasteiger partial charge in [0.05, 0.1) is 5.92 Å². The highest BCUT2D eigenvalue weighted by Gasteiger charge is 2.28. The van der Waals surface area contributed by atoms with Crippen LogP contribution in [0, 0.1) is 5.92 Å². The van der Waals surface area contributed by atoms with E-state index in [2.05, 4.69) is 10.7 Å². The van der Waals surface area contributed by atoms with Crippen LogP contribution in [0.5, 0.6) is 0 Å². The molecule has 1 rings (SSSR count). The van der Waals surface area contributed by atoms with Gasteiger partial charge in [-0.1, -0.05) is 0 Å². The van der Waals surface area contributed by atoms with E-state index in [4.69, 9.17) is 5.84 Å². The number of carbonyl (C=O) groups excluding carboxylic acids is 1. The first-order valence-electron chi connectivity index (χ1n) is 3.49. The second kappa shape index (κ2) is 2.98. The van der Waals surface area contributed by atoms with Crippen molar-refractivity contribution < 1.29 is 4.79 Å².